The van der Waals surface area contributed by atoms with Crippen LogP contribution >= 0.6 is 0 Å². The molecule has 0 radical (unpaired) electrons. The van der Waals surface area contributed by atoms with Crippen LogP contribution in [0, 0.1) is 23.2 Å². The minimum Gasteiger partial charge on any atom is -0.459 e. The lowest BCUT2D eigenvalue weighted by Crippen LogP contribution is -2.76. The van der Waals surface area contributed by atoms with E-state index in [4.69, 9.17) is 37.9 Å². The Morgan fingerprint density at radius 1 is 0.940 bits per heavy atom. The zero-order valence-corrected chi connectivity index (χ0v) is 29.4. The number of epoxide rings is 1. The van der Waals surface area contributed by atoms with E-state index < -0.39 is 107 Å². The van der Waals surface area contributed by atoms with Gasteiger partial charge in [-0.3, -0.25) is 24.0 Å². The molecular formula is C34H46O16. The average Bonchev–Trinajstić information content (AvgIpc) is 3.76. The first kappa shape index (κ1) is 38.9. The van der Waals surface area contributed by atoms with Gasteiger partial charge < -0.3 is 48.1 Å². The van der Waals surface area contributed by atoms with Gasteiger partial charge in [0.05, 0.1) is 24.5 Å². The molecule has 3 fully saturated rings. The van der Waals surface area contributed by atoms with Crippen molar-refractivity contribution in [3.8, 4) is 0 Å². The molecule has 50 heavy (non-hydrogen) atoms. The van der Waals surface area contributed by atoms with Crippen LogP contribution in [0.1, 0.15) is 54.9 Å². The smallest absolute Gasteiger partial charge is 0.332 e. The van der Waals surface area contributed by atoms with Crippen LogP contribution in [-0.4, -0.2) is 121 Å². The Hall–Kier alpha value is -3.86. The maximum absolute atomic E-state index is 13.6. The van der Waals surface area contributed by atoms with Crippen molar-refractivity contribution < 1.29 is 76.9 Å². The number of aliphatic hydroxyl groups excluding tert-OH is 1. The van der Waals surface area contributed by atoms with Crippen LogP contribution in [0.4, 0.5) is 0 Å². The monoisotopic (exact) mass is 710 g/mol. The summed E-state index contributed by atoms with van der Waals surface area (Å²) in [6, 6.07) is 0. The highest BCUT2D eigenvalue weighted by Crippen LogP contribution is 2.63. The van der Waals surface area contributed by atoms with Crippen molar-refractivity contribution in [2.24, 2.45) is 23.2 Å². The van der Waals surface area contributed by atoms with Crippen LogP contribution in [-0.2, 0) is 66.7 Å². The van der Waals surface area contributed by atoms with Crippen LogP contribution in [0.5, 0.6) is 0 Å². The number of esters is 6. The SMILES string of the molecule is COCC1=C/[C@@H]2OC(=O)[C@H](C)[C@@]2(O)[C@@H](OC(C)=O)[C@H]2[C@@]3(CO3)[C@H](OC(C)=O)[C@H](OC(C)=O)[C@H](OC(=O)CC(C)C)[C@]2(C)[C@H](OC(=O)CO)/C=C\1. The summed E-state index contributed by atoms with van der Waals surface area (Å²) in [5.74, 6) is -8.41. The minimum atomic E-state index is -2.38. The Labute approximate surface area is 289 Å². The molecule has 2 saturated heterocycles. The fraction of sp³-hybridized carbons (Fsp3) is 0.706. The molecule has 4 aliphatic rings. The third-order valence-corrected chi connectivity index (χ3v) is 9.75. The number of ether oxygens (including phenoxy) is 8. The van der Waals surface area contributed by atoms with E-state index in [0.717, 1.165) is 20.8 Å². The normalized spacial score (nSPS) is 39.1. The number of carbonyl (C=O) groups excluding carboxylic acids is 6. The summed E-state index contributed by atoms with van der Waals surface area (Å²) in [6.45, 7) is 8.21. The largest absolute Gasteiger partial charge is 0.459 e. The molecule has 0 aromatic heterocycles. The van der Waals surface area contributed by atoms with Gasteiger partial charge in [0.1, 0.15) is 24.4 Å². The average molecular weight is 711 g/mol. The van der Waals surface area contributed by atoms with Crippen molar-refractivity contribution in [3.05, 3.63) is 23.8 Å². The molecule has 0 aromatic carbocycles. The van der Waals surface area contributed by atoms with Gasteiger partial charge in [0.15, 0.2) is 30.0 Å². The van der Waals surface area contributed by atoms with E-state index in [2.05, 4.69) is 0 Å². The summed E-state index contributed by atoms with van der Waals surface area (Å²) in [7, 11) is 1.39. The first-order valence-electron chi connectivity index (χ1n) is 16.3. The molecule has 11 atom stereocenters. The predicted octanol–water partition coefficient (Wildman–Crippen LogP) is 0.484. The minimum absolute atomic E-state index is 0.0987. The molecule has 4 rings (SSSR count). The second kappa shape index (κ2) is 14.8. The maximum Gasteiger partial charge on any atom is 0.332 e. The molecule has 278 valence electrons. The van der Waals surface area contributed by atoms with E-state index in [9.17, 15) is 39.0 Å². The molecule has 16 heteroatoms. The first-order valence-corrected chi connectivity index (χ1v) is 16.3. The predicted molar refractivity (Wildman–Crippen MR) is 166 cm³/mol. The van der Waals surface area contributed by atoms with E-state index in [1.165, 1.54) is 39.2 Å². The van der Waals surface area contributed by atoms with Crippen LogP contribution < -0.4 is 0 Å². The second-order valence-corrected chi connectivity index (χ2v) is 13.8. The number of fused-ring (bicyclic) bond motifs is 3. The molecule has 2 heterocycles. The first-order chi connectivity index (χ1) is 23.4. The van der Waals surface area contributed by atoms with Crippen molar-refractivity contribution in [1.29, 1.82) is 0 Å². The summed E-state index contributed by atoms with van der Waals surface area (Å²) in [5.41, 5.74) is -5.77. The topological polar surface area (TPSA) is 220 Å². The second-order valence-electron chi connectivity index (χ2n) is 13.8. The number of carbonyl (C=O) groups is 6. The highest BCUT2D eigenvalue weighted by molar-refractivity contribution is 5.78. The molecule has 1 spiro atoms. The Morgan fingerprint density at radius 3 is 2.06 bits per heavy atom. The van der Waals surface area contributed by atoms with Gasteiger partial charge in [0, 0.05) is 40.2 Å². The van der Waals surface area contributed by atoms with Crippen molar-refractivity contribution >= 4 is 35.8 Å². The molecule has 16 nitrogen and oxygen atoms in total. The summed E-state index contributed by atoms with van der Waals surface area (Å²) in [6.07, 6.45) is -5.48. The molecule has 0 amide bonds. The lowest BCUT2D eigenvalue weighted by atomic mass is 9.51. The summed E-state index contributed by atoms with van der Waals surface area (Å²) in [4.78, 5) is 78.2. The Bertz CT molecular complexity index is 1430. The quantitative estimate of drug-likeness (QED) is 0.179. The number of methoxy groups -OCH3 is 1. The highest BCUT2D eigenvalue weighted by Gasteiger charge is 2.81. The Balaban J connectivity index is 2.18. The number of rotatable bonds is 10. The van der Waals surface area contributed by atoms with Crippen molar-refractivity contribution in [1.82, 2.24) is 0 Å². The molecule has 0 unspecified atom stereocenters. The Kier molecular flexibility index (Phi) is 11.5. The molecule has 2 aliphatic heterocycles. The third kappa shape index (κ3) is 7.16. The van der Waals surface area contributed by atoms with Crippen LogP contribution in [0.3, 0.4) is 0 Å². The highest BCUT2D eigenvalue weighted by atomic mass is 16.7. The van der Waals surface area contributed by atoms with Crippen LogP contribution in [0.15, 0.2) is 23.8 Å². The van der Waals surface area contributed by atoms with E-state index in [1.807, 2.05) is 0 Å². The zero-order valence-electron chi connectivity index (χ0n) is 29.4. The molecule has 1 saturated carbocycles. The zero-order chi connectivity index (χ0) is 37.3. The van der Waals surface area contributed by atoms with Gasteiger partial charge in [-0.25, -0.2) is 4.79 Å². The summed E-state index contributed by atoms with van der Waals surface area (Å²) in [5, 5.41) is 22.6. The summed E-state index contributed by atoms with van der Waals surface area (Å²) < 4.78 is 46.6. The van der Waals surface area contributed by atoms with E-state index in [0.29, 0.717) is 5.57 Å². The van der Waals surface area contributed by atoms with Crippen molar-refractivity contribution in [3.63, 3.8) is 0 Å². The number of hydrogen-bond donors (Lipinski definition) is 2. The van der Waals surface area contributed by atoms with Gasteiger partial charge in [-0.1, -0.05) is 26.8 Å². The van der Waals surface area contributed by atoms with Gasteiger partial charge in [0.25, 0.3) is 0 Å². The van der Waals surface area contributed by atoms with Gasteiger partial charge in [-0.05, 0) is 30.6 Å². The molecule has 0 bridgehead atoms. The lowest BCUT2D eigenvalue weighted by Gasteiger charge is -2.59. The van der Waals surface area contributed by atoms with Crippen LogP contribution in [0.2, 0.25) is 0 Å². The summed E-state index contributed by atoms with van der Waals surface area (Å²) >= 11 is 0. The lowest BCUT2D eigenvalue weighted by molar-refractivity contribution is -0.280. The third-order valence-electron chi connectivity index (χ3n) is 9.75. The molecule has 2 N–H and O–H groups in total. The van der Waals surface area contributed by atoms with Gasteiger partial charge in [-0.15, -0.1) is 0 Å². The Morgan fingerprint density at radius 2 is 1.54 bits per heavy atom. The fourth-order valence-corrected chi connectivity index (χ4v) is 7.61. The van der Waals surface area contributed by atoms with Gasteiger partial charge >= 0.3 is 35.8 Å². The molecular weight excluding hydrogens is 664 g/mol. The molecule has 2 aliphatic carbocycles. The van der Waals surface area contributed by atoms with Crippen LogP contribution in [0.25, 0.3) is 0 Å². The van der Waals surface area contributed by atoms with E-state index in [1.54, 1.807) is 13.8 Å². The van der Waals surface area contributed by atoms with Gasteiger partial charge in [0.2, 0.25) is 0 Å². The standard InChI is InChI=1S/C34H46O16/c1-16(2)11-24(39)50-28-26(45-18(4)36)29(46-19(5)37)33(15-44-33)27-30(47-20(6)38)34(42)17(3)31(41)49-23(34)12-21(14-43-8)9-10-22(32(27,28)7)48-25(40)13-35/h9-10,12,16-17,22-23,26-30,35,42H,11,13-15H2,1-8H3/b10-9-,21-12+/t17-,22+,23-,26+,27+,28-,29+,30-,32+,33-,34-/m0/s1. The van der Waals surface area contributed by atoms with Crippen molar-refractivity contribution in [2.45, 2.75) is 103 Å². The fourth-order valence-electron chi connectivity index (χ4n) is 7.61. The van der Waals surface area contributed by atoms with E-state index >= 15 is 0 Å². The van der Waals surface area contributed by atoms with E-state index in [-0.39, 0.29) is 25.6 Å². The molecule has 0 aromatic rings. The van der Waals surface area contributed by atoms with Crippen molar-refractivity contribution in [2.75, 3.05) is 26.9 Å². The van der Waals surface area contributed by atoms with Gasteiger partial charge in [-0.2, -0.15) is 0 Å². The number of hydrogen-bond acceptors (Lipinski definition) is 16. The number of aliphatic hydroxyl groups is 2. The maximum atomic E-state index is 13.6.